The summed E-state index contributed by atoms with van der Waals surface area (Å²) >= 11 is 0. The number of fused-ring (bicyclic) bond motifs is 2. The van der Waals surface area contributed by atoms with E-state index in [0.29, 0.717) is 11.0 Å². The Hall–Kier alpha value is -5.47. The van der Waals surface area contributed by atoms with Gasteiger partial charge in [-0.3, -0.25) is 0 Å². The second-order valence-corrected chi connectivity index (χ2v) is 12.6. The highest BCUT2D eigenvalue weighted by atomic mass is 16.8. The number of aromatic carboxylic acids is 2. The number of carbonyl (C=O) groups excluding carboxylic acids is 3. The fraction of sp³-hybridized carbons (Fsp3) is 0.387. The summed E-state index contributed by atoms with van der Waals surface area (Å²) in [5.74, 6) is -1.96. The Balaban J connectivity index is 0.000000247. The van der Waals surface area contributed by atoms with Gasteiger partial charge < -0.3 is 34.1 Å². The highest BCUT2D eigenvalue weighted by molar-refractivity contribution is 5.94. The van der Waals surface area contributed by atoms with Gasteiger partial charge in [0.25, 0.3) is 0 Å². The third-order valence-corrected chi connectivity index (χ3v) is 5.00. The third kappa shape index (κ3) is 12.3. The van der Waals surface area contributed by atoms with E-state index >= 15 is 0 Å². The van der Waals surface area contributed by atoms with Crippen molar-refractivity contribution in [2.24, 2.45) is 0 Å². The predicted molar refractivity (Wildman–Crippen MR) is 165 cm³/mol. The molecule has 0 bridgehead atoms. The molecule has 0 unspecified atom stereocenters. The standard InChI is InChI=1S/C13H14N2O4.C10H18O5.C8H6N2O2/c1-13(2,3)19-12(18)15-7-14-9-6-8(11(16)17)4-5-10(9)15;1-9(2,3)14-7(11)13-8(12)15-10(4,5)6;11-8(12)5-1-2-6-7(3-5)10-4-9-6/h4-7H,1-3H3,(H,16,17);1-6H3;1-4H,(H,9,10)(H,11,12). The maximum Gasteiger partial charge on any atom is 0.519 e. The number of nitrogens with zero attached hydrogens (tertiary/aromatic N) is 3. The van der Waals surface area contributed by atoms with E-state index in [9.17, 15) is 24.0 Å². The van der Waals surface area contributed by atoms with Crippen LogP contribution in [-0.4, -0.2) is 76.9 Å². The van der Waals surface area contributed by atoms with E-state index in [1.165, 1.54) is 41.5 Å². The molecule has 0 aliphatic carbocycles. The number of aromatic amines is 1. The fourth-order valence-corrected chi connectivity index (χ4v) is 3.28. The second kappa shape index (κ2) is 14.5. The number of imidazole rings is 2. The van der Waals surface area contributed by atoms with Gasteiger partial charge in [-0.15, -0.1) is 0 Å². The molecule has 2 aromatic heterocycles. The van der Waals surface area contributed by atoms with E-state index in [4.69, 9.17) is 24.4 Å². The molecule has 0 fully saturated rings. The highest BCUT2D eigenvalue weighted by Crippen LogP contribution is 2.18. The smallest absolute Gasteiger partial charge is 0.478 e. The maximum absolute atomic E-state index is 11.9. The monoisotopic (exact) mass is 642 g/mol. The van der Waals surface area contributed by atoms with Crippen molar-refractivity contribution in [1.29, 1.82) is 0 Å². The molecule has 0 aliphatic rings. The Kier molecular flexibility index (Phi) is 11.6. The van der Waals surface area contributed by atoms with E-state index in [1.807, 2.05) is 0 Å². The molecule has 15 heteroatoms. The molecule has 3 N–H and O–H groups in total. The summed E-state index contributed by atoms with van der Waals surface area (Å²) in [7, 11) is 0. The van der Waals surface area contributed by atoms with Gasteiger partial charge in [-0.2, -0.15) is 0 Å². The number of H-pyrrole nitrogens is 1. The minimum atomic E-state index is -1.06. The normalized spacial score (nSPS) is 11.3. The lowest BCUT2D eigenvalue weighted by Crippen LogP contribution is -2.29. The predicted octanol–water partition coefficient (Wildman–Crippen LogP) is 6.65. The summed E-state index contributed by atoms with van der Waals surface area (Å²) in [6.07, 6.45) is 0.201. The number of ether oxygens (including phenoxy) is 4. The van der Waals surface area contributed by atoms with Crippen molar-refractivity contribution in [2.45, 2.75) is 79.1 Å². The molecule has 0 spiro atoms. The number of carboxylic acid groups (broad SMARTS) is 2. The lowest BCUT2D eigenvalue weighted by Gasteiger charge is -2.20. The molecule has 0 amide bonds. The molecule has 4 rings (SSSR count). The van der Waals surface area contributed by atoms with Crippen molar-refractivity contribution in [3.05, 3.63) is 60.2 Å². The Morgan fingerprint density at radius 1 is 0.674 bits per heavy atom. The summed E-state index contributed by atoms with van der Waals surface area (Å²) in [5, 5.41) is 17.5. The van der Waals surface area contributed by atoms with E-state index in [1.54, 1.807) is 74.4 Å². The molecule has 0 aliphatic heterocycles. The fourth-order valence-electron chi connectivity index (χ4n) is 3.28. The maximum atomic E-state index is 11.9. The van der Waals surface area contributed by atoms with Gasteiger partial charge in [0.05, 0.1) is 39.5 Å². The molecular weight excluding hydrogens is 604 g/mol. The molecule has 4 aromatic rings. The van der Waals surface area contributed by atoms with Crippen LogP contribution in [0.1, 0.15) is 83.0 Å². The zero-order chi connectivity index (χ0) is 35.0. The van der Waals surface area contributed by atoms with Crippen LogP contribution < -0.4 is 0 Å². The Bertz CT molecular complexity index is 1690. The number of carboxylic acids is 2. The summed E-state index contributed by atoms with van der Waals surface area (Å²) < 4.78 is 20.3. The number of carbonyl (C=O) groups is 5. The van der Waals surface area contributed by atoms with Crippen LogP contribution >= 0.6 is 0 Å². The van der Waals surface area contributed by atoms with Gasteiger partial charge in [0.2, 0.25) is 0 Å². The first-order chi connectivity index (χ1) is 21.0. The average molecular weight is 643 g/mol. The molecule has 0 saturated carbocycles. The number of rotatable bonds is 2. The minimum absolute atomic E-state index is 0.127. The molecular formula is C31H38N4O11. The van der Waals surface area contributed by atoms with Crippen molar-refractivity contribution in [3.8, 4) is 0 Å². The van der Waals surface area contributed by atoms with Crippen molar-refractivity contribution in [1.82, 2.24) is 19.5 Å². The van der Waals surface area contributed by atoms with Crippen molar-refractivity contribution in [3.63, 3.8) is 0 Å². The Morgan fingerprint density at radius 3 is 1.67 bits per heavy atom. The largest absolute Gasteiger partial charge is 0.519 e. The van der Waals surface area contributed by atoms with Gasteiger partial charge in [0.15, 0.2) is 0 Å². The van der Waals surface area contributed by atoms with Gasteiger partial charge >= 0.3 is 30.3 Å². The lowest BCUT2D eigenvalue weighted by atomic mass is 10.2. The van der Waals surface area contributed by atoms with Crippen LogP contribution in [0.4, 0.5) is 14.4 Å². The molecule has 15 nitrogen and oxygen atoms in total. The van der Waals surface area contributed by atoms with E-state index in [-0.39, 0.29) is 11.1 Å². The van der Waals surface area contributed by atoms with Gasteiger partial charge in [0.1, 0.15) is 23.1 Å². The average Bonchev–Trinajstić information content (AvgIpc) is 3.52. The first kappa shape index (κ1) is 36.7. The first-order valence-corrected chi connectivity index (χ1v) is 13.8. The van der Waals surface area contributed by atoms with Crippen LogP contribution in [-0.2, 0) is 18.9 Å². The third-order valence-electron chi connectivity index (χ3n) is 5.00. The van der Waals surface area contributed by atoms with Crippen molar-refractivity contribution >= 4 is 52.4 Å². The molecule has 0 radical (unpaired) electrons. The number of benzene rings is 2. The Morgan fingerprint density at radius 2 is 1.17 bits per heavy atom. The summed E-state index contributed by atoms with van der Waals surface area (Å²) in [6, 6.07) is 9.15. The Labute approximate surface area is 264 Å². The van der Waals surface area contributed by atoms with E-state index < -0.39 is 47.1 Å². The number of hydrogen-bond acceptors (Lipinski definition) is 11. The zero-order valence-electron chi connectivity index (χ0n) is 27.0. The van der Waals surface area contributed by atoms with Crippen LogP contribution in [0.15, 0.2) is 49.1 Å². The van der Waals surface area contributed by atoms with Crippen LogP contribution in [0.3, 0.4) is 0 Å². The summed E-state index contributed by atoms with van der Waals surface area (Å²) in [4.78, 5) is 66.2. The number of hydrogen-bond donors (Lipinski definition) is 3. The quantitative estimate of drug-likeness (QED) is 0.119. The first-order valence-electron chi connectivity index (χ1n) is 13.8. The molecule has 2 aromatic carbocycles. The minimum Gasteiger partial charge on any atom is -0.478 e. The molecule has 0 atom stereocenters. The van der Waals surface area contributed by atoms with E-state index in [0.717, 1.165) is 11.0 Å². The second-order valence-electron chi connectivity index (χ2n) is 12.6. The molecule has 46 heavy (non-hydrogen) atoms. The van der Waals surface area contributed by atoms with Crippen LogP contribution in [0.5, 0.6) is 0 Å². The van der Waals surface area contributed by atoms with Gasteiger partial charge in [-0.25, -0.2) is 38.5 Å². The topological polar surface area (TPSA) is 209 Å². The number of aromatic nitrogens is 4. The molecule has 2 heterocycles. The zero-order valence-corrected chi connectivity index (χ0v) is 27.0. The van der Waals surface area contributed by atoms with Crippen LogP contribution in [0.2, 0.25) is 0 Å². The lowest BCUT2D eigenvalue weighted by molar-refractivity contribution is -0.0294. The highest BCUT2D eigenvalue weighted by Gasteiger charge is 2.24. The summed E-state index contributed by atoms with van der Waals surface area (Å²) in [6.45, 7) is 15.3. The van der Waals surface area contributed by atoms with Gasteiger partial charge in [-0.1, -0.05) is 0 Å². The van der Waals surface area contributed by atoms with Crippen molar-refractivity contribution < 1.29 is 53.1 Å². The van der Waals surface area contributed by atoms with Gasteiger partial charge in [-0.05, 0) is 98.7 Å². The molecule has 0 saturated heterocycles. The van der Waals surface area contributed by atoms with Crippen molar-refractivity contribution in [2.75, 3.05) is 0 Å². The van der Waals surface area contributed by atoms with E-state index in [2.05, 4.69) is 19.7 Å². The summed E-state index contributed by atoms with van der Waals surface area (Å²) in [5.41, 5.74) is 0.876. The molecule has 248 valence electrons. The SMILES string of the molecule is CC(C)(C)OC(=O)OC(=O)OC(C)(C)C.CC(C)(C)OC(=O)n1cnc2cc(C(=O)O)ccc21.O=C(O)c1ccc2nc[nH]c2c1. The number of nitrogens with one attached hydrogen (secondary N) is 1. The van der Waals surface area contributed by atoms with Crippen LogP contribution in [0, 0.1) is 0 Å². The van der Waals surface area contributed by atoms with Crippen LogP contribution in [0.25, 0.3) is 22.1 Å². The van der Waals surface area contributed by atoms with Gasteiger partial charge in [0, 0.05) is 0 Å².